The summed E-state index contributed by atoms with van der Waals surface area (Å²) in [6.07, 6.45) is 5.92. The number of aliphatic hydroxyl groups is 1. The van der Waals surface area contributed by atoms with E-state index in [1.165, 1.54) is 6.08 Å². The van der Waals surface area contributed by atoms with Crippen LogP contribution >= 0.6 is 0 Å². The minimum atomic E-state index is -0.585. The molecule has 1 saturated carbocycles. The predicted octanol–water partition coefficient (Wildman–Crippen LogP) is 2.17. The molecule has 0 aliphatic heterocycles. The summed E-state index contributed by atoms with van der Waals surface area (Å²) in [6.45, 7) is 3.90. The topological polar surface area (TPSA) is 78.4 Å². The molecule has 0 unspecified atom stereocenters. The number of hydrogen-bond donors (Lipinski definition) is 3. The van der Waals surface area contributed by atoms with Crippen LogP contribution in [0.1, 0.15) is 37.7 Å². The van der Waals surface area contributed by atoms with Crippen LogP contribution in [0.5, 0.6) is 0 Å². The van der Waals surface area contributed by atoms with Crippen LogP contribution in [-0.2, 0) is 16.0 Å². The van der Waals surface area contributed by atoms with Gasteiger partial charge in [0.2, 0.25) is 11.8 Å². The second-order valence-corrected chi connectivity index (χ2v) is 6.10. The number of hydrogen-bond acceptors (Lipinski definition) is 3. The fourth-order valence-electron chi connectivity index (χ4n) is 2.86. The van der Waals surface area contributed by atoms with Gasteiger partial charge in [-0.1, -0.05) is 31.6 Å². The van der Waals surface area contributed by atoms with E-state index in [-0.39, 0.29) is 18.2 Å². The van der Waals surface area contributed by atoms with Gasteiger partial charge in [-0.25, -0.2) is 0 Å². The van der Waals surface area contributed by atoms with E-state index in [4.69, 9.17) is 0 Å². The molecule has 1 aliphatic carbocycles. The van der Waals surface area contributed by atoms with Gasteiger partial charge in [0.05, 0.1) is 12.0 Å². The third kappa shape index (κ3) is 5.53. The molecule has 2 amide bonds. The number of carbonyl (C=O) groups is 2. The quantitative estimate of drug-likeness (QED) is 0.675. The maximum atomic E-state index is 11.9. The number of rotatable bonds is 7. The molecular weight excluding hydrogens is 292 g/mol. The molecule has 0 radical (unpaired) electrons. The van der Waals surface area contributed by atoms with E-state index in [0.717, 1.165) is 31.2 Å². The van der Waals surface area contributed by atoms with E-state index in [1.807, 2.05) is 12.1 Å². The van der Waals surface area contributed by atoms with E-state index < -0.39 is 5.60 Å². The molecule has 1 fully saturated rings. The van der Waals surface area contributed by atoms with Gasteiger partial charge in [-0.15, -0.1) is 0 Å². The zero-order chi connectivity index (χ0) is 16.7. The van der Waals surface area contributed by atoms with Crippen LogP contribution in [0.2, 0.25) is 0 Å². The molecule has 2 rings (SSSR count). The average Bonchev–Trinajstić information content (AvgIpc) is 2.96. The SMILES string of the molecule is C=CC(=O)Nc1ccc(CC(=O)NCCC2(O)CCCC2)cc1. The lowest BCUT2D eigenvalue weighted by Gasteiger charge is -2.21. The van der Waals surface area contributed by atoms with Crippen LogP contribution in [0.3, 0.4) is 0 Å². The molecule has 5 heteroatoms. The third-order valence-electron chi connectivity index (χ3n) is 4.22. The highest BCUT2D eigenvalue weighted by molar-refractivity contribution is 5.98. The summed E-state index contributed by atoms with van der Waals surface area (Å²) in [5.41, 5.74) is 0.958. The molecule has 1 aromatic carbocycles. The number of benzene rings is 1. The fraction of sp³-hybridized carbons (Fsp3) is 0.444. The van der Waals surface area contributed by atoms with Crippen molar-refractivity contribution in [3.8, 4) is 0 Å². The summed E-state index contributed by atoms with van der Waals surface area (Å²) in [5.74, 6) is -0.324. The molecule has 0 bridgehead atoms. The highest BCUT2D eigenvalue weighted by Gasteiger charge is 2.30. The van der Waals surface area contributed by atoms with Gasteiger partial charge in [0, 0.05) is 12.2 Å². The lowest BCUT2D eigenvalue weighted by molar-refractivity contribution is -0.120. The first kappa shape index (κ1) is 17.2. The molecule has 5 nitrogen and oxygen atoms in total. The monoisotopic (exact) mass is 316 g/mol. The van der Waals surface area contributed by atoms with Crippen LogP contribution in [0.15, 0.2) is 36.9 Å². The van der Waals surface area contributed by atoms with E-state index in [2.05, 4.69) is 17.2 Å². The van der Waals surface area contributed by atoms with Gasteiger partial charge in [0.1, 0.15) is 0 Å². The van der Waals surface area contributed by atoms with Crippen molar-refractivity contribution in [2.45, 2.75) is 44.1 Å². The Bertz CT molecular complexity index is 560. The lowest BCUT2D eigenvalue weighted by Crippen LogP contribution is -2.33. The van der Waals surface area contributed by atoms with Crippen molar-refractivity contribution in [2.75, 3.05) is 11.9 Å². The molecule has 0 spiro atoms. The van der Waals surface area contributed by atoms with E-state index in [1.54, 1.807) is 12.1 Å². The first-order valence-electron chi connectivity index (χ1n) is 8.02. The van der Waals surface area contributed by atoms with Crippen molar-refractivity contribution in [2.24, 2.45) is 0 Å². The van der Waals surface area contributed by atoms with E-state index >= 15 is 0 Å². The van der Waals surface area contributed by atoms with Crippen molar-refractivity contribution in [3.05, 3.63) is 42.5 Å². The second-order valence-electron chi connectivity index (χ2n) is 6.10. The van der Waals surface area contributed by atoms with Crippen LogP contribution in [0, 0.1) is 0 Å². The van der Waals surface area contributed by atoms with Crippen LogP contribution in [-0.4, -0.2) is 29.1 Å². The third-order valence-corrected chi connectivity index (χ3v) is 4.22. The highest BCUT2D eigenvalue weighted by atomic mass is 16.3. The molecule has 124 valence electrons. The lowest BCUT2D eigenvalue weighted by atomic mass is 9.98. The minimum absolute atomic E-state index is 0.0607. The molecule has 0 heterocycles. The zero-order valence-corrected chi connectivity index (χ0v) is 13.3. The van der Waals surface area contributed by atoms with Crippen LogP contribution in [0.4, 0.5) is 5.69 Å². The molecule has 23 heavy (non-hydrogen) atoms. The van der Waals surface area contributed by atoms with E-state index in [9.17, 15) is 14.7 Å². The largest absolute Gasteiger partial charge is 0.390 e. The normalized spacial score (nSPS) is 15.9. The fourth-order valence-corrected chi connectivity index (χ4v) is 2.86. The Hall–Kier alpha value is -2.14. The van der Waals surface area contributed by atoms with Gasteiger partial charge >= 0.3 is 0 Å². The highest BCUT2D eigenvalue weighted by Crippen LogP contribution is 2.31. The Morgan fingerprint density at radius 2 is 1.87 bits per heavy atom. The second kappa shape index (κ2) is 7.92. The first-order valence-corrected chi connectivity index (χ1v) is 8.02. The number of carbonyl (C=O) groups excluding carboxylic acids is 2. The number of nitrogens with one attached hydrogen (secondary N) is 2. The van der Waals surface area contributed by atoms with Crippen molar-refractivity contribution in [1.82, 2.24) is 5.32 Å². The Kier molecular flexibility index (Phi) is 5.93. The van der Waals surface area contributed by atoms with Gasteiger partial charge in [-0.05, 0) is 43.0 Å². The van der Waals surface area contributed by atoms with Crippen molar-refractivity contribution < 1.29 is 14.7 Å². The van der Waals surface area contributed by atoms with Crippen molar-refractivity contribution in [1.29, 1.82) is 0 Å². The smallest absolute Gasteiger partial charge is 0.247 e. The first-order chi connectivity index (χ1) is 11.0. The Labute approximate surface area is 136 Å². The average molecular weight is 316 g/mol. The molecule has 0 saturated heterocycles. The molecular formula is C18H24N2O3. The molecule has 0 atom stereocenters. The minimum Gasteiger partial charge on any atom is -0.390 e. The Balaban J connectivity index is 1.74. The molecule has 3 N–H and O–H groups in total. The van der Waals surface area contributed by atoms with Gasteiger partial charge in [-0.2, -0.15) is 0 Å². The standard InChI is InChI=1S/C18H24N2O3/c1-2-16(21)20-15-7-5-14(6-8-15)13-17(22)19-12-11-18(23)9-3-4-10-18/h2,5-8,23H,1,3-4,9-13H2,(H,19,22)(H,20,21). The molecule has 1 aromatic rings. The van der Waals surface area contributed by atoms with Gasteiger partial charge in [0.25, 0.3) is 0 Å². The Morgan fingerprint density at radius 3 is 2.48 bits per heavy atom. The maximum Gasteiger partial charge on any atom is 0.247 e. The summed E-state index contributed by atoms with van der Waals surface area (Å²) in [7, 11) is 0. The summed E-state index contributed by atoms with van der Waals surface area (Å²) in [5, 5.41) is 15.7. The summed E-state index contributed by atoms with van der Waals surface area (Å²) >= 11 is 0. The van der Waals surface area contributed by atoms with Crippen molar-refractivity contribution in [3.63, 3.8) is 0 Å². The maximum absolute atomic E-state index is 11.9. The summed E-state index contributed by atoms with van der Waals surface area (Å²) in [6, 6.07) is 7.13. The van der Waals surface area contributed by atoms with Crippen LogP contribution in [0.25, 0.3) is 0 Å². The van der Waals surface area contributed by atoms with Crippen molar-refractivity contribution >= 4 is 17.5 Å². The van der Waals surface area contributed by atoms with E-state index in [0.29, 0.717) is 18.7 Å². The zero-order valence-electron chi connectivity index (χ0n) is 13.3. The van der Waals surface area contributed by atoms with Gasteiger partial charge in [-0.3, -0.25) is 9.59 Å². The van der Waals surface area contributed by atoms with Crippen LogP contribution < -0.4 is 10.6 Å². The van der Waals surface area contributed by atoms with Gasteiger partial charge < -0.3 is 15.7 Å². The molecule has 1 aliphatic rings. The van der Waals surface area contributed by atoms with Gasteiger partial charge in [0.15, 0.2) is 0 Å². The number of amides is 2. The predicted molar refractivity (Wildman–Crippen MR) is 90.0 cm³/mol. The Morgan fingerprint density at radius 1 is 1.22 bits per heavy atom. The molecule has 0 aromatic heterocycles. The number of anilines is 1. The summed E-state index contributed by atoms with van der Waals surface area (Å²) < 4.78 is 0. The summed E-state index contributed by atoms with van der Waals surface area (Å²) in [4.78, 5) is 23.1.